The first kappa shape index (κ1) is 10.0. The van der Waals surface area contributed by atoms with E-state index in [1.54, 1.807) is 24.0 Å². The van der Waals surface area contributed by atoms with E-state index in [1.807, 2.05) is 12.3 Å². The van der Waals surface area contributed by atoms with E-state index in [4.69, 9.17) is 0 Å². The number of carbonyl (C=O) groups excluding carboxylic acids is 1. The van der Waals surface area contributed by atoms with E-state index in [2.05, 4.69) is 10.1 Å². The second-order valence-corrected chi connectivity index (χ2v) is 4.30. The Morgan fingerprint density at radius 2 is 2.40 bits per heavy atom. The van der Waals surface area contributed by atoms with Crippen LogP contribution in [-0.4, -0.2) is 20.5 Å². The Labute approximate surface area is 91.6 Å². The highest BCUT2D eigenvalue weighted by Crippen LogP contribution is 2.11. The summed E-state index contributed by atoms with van der Waals surface area (Å²) in [6, 6.07) is 1.72. The summed E-state index contributed by atoms with van der Waals surface area (Å²) in [5.74, 6) is 0.0185. The molecule has 0 N–H and O–H groups in total. The summed E-state index contributed by atoms with van der Waals surface area (Å²) < 4.78 is 1.63. The molecule has 15 heavy (non-hydrogen) atoms. The lowest BCUT2D eigenvalue weighted by molar-refractivity contribution is 0.0987. The van der Waals surface area contributed by atoms with E-state index in [9.17, 15) is 4.79 Å². The van der Waals surface area contributed by atoms with Crippen molar-refractivity contribution in [3.8, 4) is 0 Å². The van der Waals surface area contributed by atoms with Gasteiger partial charge in [0.05, 0.1) is 6.42 Å². The van der Waals surface area contributed by atoms with Gasteiger partial charge < -0.3 is 0 Å². The average molecular weight is 221 g/mol. The number of rotatable bonds is 3. The average Bonchev–Trinajstić information content (AvgIpc) is 2.75. The molecule has 0 amide bonds. The first-order valence-corrected chi connectivity index (χ1v) is 5.47. The third-order valence-electron chi connectivity index (χ3n) is 1.98. The monoisotopic (exact) mass is 221 g/mol. The molecule has 0 spiro atoms. The molecule has 0 unspecified atom stereocenters. The van der Waals surface area contributed by atoms with E-state index in [1.165, 1.54) is 11.3 Å². The van der Waals surface area contributed by atoms with Gasteiger partial charge in [-0.25, -0.2) is 4.98 Å². The number of aryl methyl sites for hydroxylation is 2. The molecule has 2 aromatic rings. The molecule has 0 fully saturated rings. The number of nitrogens with zero attached hydrogens (tertiary/aromatic N) is 3. The molecule has 0 atom stereocenters. The van der Waals surface area contributed by atoms with Crippen LogP contribution in [0, 0.1) is 6.92 Å². The summed E-state index contributed by atoms with van der Waals surface area (Å²) in [6.07, 6.45) is 2.11. The van der Waals surface area contributed by atoms with Crippen LogP contribution in [0.25, 0.3) is 0 Å². The van der Waals surface area contributed by atoms with Crippen LogP contribution in [-0.2, 0) is 13.5 Å². The molecule has 2 heterocycles. The number of ketones is 1. The molecule has 0 aliphatic carbocycles. The third kappa shape index (κ3) is 2.30. The Hall–Kier alpha value is -1.49. The van der Waals surface area contributed by atoms with E-state index in [0.29, 0.717) is 12.1 Å². The zero-order valence-corrected chi connectivity index (χ0v) is 9.41. The van der Waals surface area contributed by atoms with E-state index in [-0.39, 0.29) is 5.78 Å². The van der Waals surface area contributed by atoms with Crippen LogP contribution in [0.5, 0.6) is 0 Å². The van der Waals surface area contributed by atoms with Crippen LogP contribution >= 0.6 is 11.3 Å². The number of carbonyl (C=O) groups is 1. The summed E-state index contributed by atoms with van der Waals surface area (Å²) in [4.78, 5) is 16.0. The molecule has 78 valence electrons. The first-order valence-electron chi connectivity index (χ1n) is 4.59. The highest BCUT2D eigenvalue weighted by atomic mass is 32.1. The zero-order valence-electron chi connectivity index (χ0n) is 8.60. The Morgan fingerprint density at radius 3 is 2.93 bits per heavy atom. The van der Waals surface area contributed by atoms with E-state index in [0.717, 1.165) is 10.7 Å². The van der Waals surface area contributed by atoms with Gasteiger partial charge in [0.2, 0.25) is 0 Å². The van der Waals surface area contributed by atoms with Crippen LogP contribution in [0.2, 0.25) is 0 Å². The molecule has 0 saturated carbocycles. The molecule has 0 aliphatic rings. The summed E-state index contributed by atoms with van der Waals surface area (Å²) in [5.41, 5.74) is 1.47. The van der Waals surface area contributed by atoms with Gasteiger partial charge in [-0.15, -0.1) is 11.3 Å². The van der Waals surface area contributed by atoms with Gasteiger partial charge in [-0.3, -0.25) is 9.48 Å². The second kappa shape index (κ2) is 3.94. The molecule has 2 rings (SSSR count). The minimum atomic E-state index is 0.0185. The standard InChI is InChI=1S/C10H11N3OS/c1-7-6-15-10(11-7)5-9(14)8-3-4-13(2)12-8/h3-4,6H,5H2,1-2H3. The Morgan fingerprint density at radius 1 is 1.60 bits per heavy atom. The fourth-order valence-electron chi connectivity index (χ4n) is 1.28. The fraction of sp³-hybridized carbons (Fsp3) is 0.300. The number of thiazole rings is 1. The number of hydrogen-bond donors (Lipinski definition) is 0. The van der Waals surface area contributed by atoms with Gasteiger partial charge in [-0.1, -0.05) is 0 Å². The van der Waals surface area contributed by atoms with Gasteiger partial charge in [0, 0.05) is 24.3 Å². The predicted octanol–water partition coefficient (Wildman–Crippen LogP) is 1.61. The molecule has 0 radical (unpaired) electrons. The van der Waals surface area contributed by atoms with Crippen molar-refractivity contribution in [3.63, 3.8) is 0 Å². The summed E-state index contributed by atoms with van der Waals surface area (Å²) in [7, 11) is 1.80. The molecular formula is C10H11N3OS. The van der Waals surface area contributed by atoms with Crippen LogP contribution in [0.3, 0.4) is 0 Å². The van der Waals surface area contributed by atoms with Crippen LogP contribution in [0.15, 0.2) is 17.6 Å². The smallest absolute Gasteiger partial charge is 0.189 e. The SMILES string of the molecule is Cc1csc(CC(=O)c2ccn(C)n2)n1. The van der Waals surface area contributed by atoms with Gasteiger partial charge in [0.25, 0.3) is 0 Å². The molecule has 4 nitrogen and oxygen atoms in total. The van der Waals surface area contributed by atoms with Crippen molar-refractivity contribution in [1.29, 1.82) is 0 Å². The van der Waals surface area contributed by atoms with Crippen molar-refractivity contribution < 1.29 is 4.79 Å². The van der Waals surface area contributed by atoms with Crippen LogP contribution in [0.1, 0.15) is 21.2 Å². The summed E-state index contributed by atoms with van der Waals surface area (Å²) >= 11 is 1.51. The van der Waals surface area contributed by atoms with Gasteiger partial charge in [-0.05, 0) is 13.0 Å². The van der Waals surface area contributed by atoms with Gasteiger partial charge >= 0.3 is 0 Å². The van der Waals surface area contributed by atoms with Crippen molar-refractivity contribution in [2.45, 2.75) is 13.3 Å². The molecule has 2 aromatic heterocycles. The fourth-order valence-corrected chi connectivity index (χ4v) is 2.05. The maximum atomic E-state index is 11.7. The Bertz CT molecular complexity index is 486. The normalized spacial score (nSPS) is 10.5. The Kier molecular flexibility index (Phi) is 2.64. The van der Waals surface area contributed by atoms with Crippen molar-refractivity contribution >= 4 is 17.1 Å². The summed E-state index contributed by atoms with van der Waals surface area (Å²) in [6.45, 7) is 1.92. The number of hydrogen-bond acceptors (Lipinski definition) is 4. The zero-order chi connectivity index (χ0) is 10.8. The minimum absolute atomic E-state index is 0.0185. The third-order valence-corrected chi connectivity index (χ3v) is 2.94. The predicted molar refractivity (Wildman–Crippen MR) is 58.1 cm³/mol. The molecule has 0 aromatic carbocycles. The molecule has 5 heteroatoms. The topological polar surface area (TPSA) is 47.8 Å². The maximum Gasteiger partial charge on any atom is 0.189 e. The minimum Gasteiger partial charge on any atom is -0.292 e. The lowest BCUT2D eigenvalue weighted by Gasteiger charge is -1.92. The number of aromatic nitrogens is 3. The first-order chi connectivity index (χ1) is 7.15. The lowest BCUT2D eigenvalue weighted by atomic mass is 10.2. The van der Waals surface area contributed by atoms with Crippen molar-refractivity contribution in [2.24, 2.45) is 7.05 Å². The van der Waals surface area contributed by atoms with Crippen molar-refractivity contribution in [3.05, 3.63) is 34.0 Å². The molecule has 0 saturated heterocycles. The van der Waals surface area contributed by atoms with Crippen molar-refractivity contribution in [2.75, 3.05) is 0 Å². The van der Waals surface area contributed by atoms with Gasteiger partial charge in [-0.2, -0.15) is 5.10 Å². The van der Waals surface area contributed by atoms with E-state index >= 15 is 0 Å². The van der Waals surface area contributed by atoms with Crippen LogP contribution in [0.4, 0.5) is 0 Å². The molecule has 0 aliphatic heterocycles. The van der Waals surface area contributed by atoms with Gasteiger partial charge in [0.15, 0.2) is 5.78 Å². The summed E-state index contributed by atoms with van der Waals surface area (Å²) in [5, 5.41) is 6.85. The van der Waals surface area contributed by atoms with E-state index < -0.39 is 0 Å². The van der Waals surface area contributed by atoms with Gasteiger partial charge in [0.1, 0.15) is 10.7 Å². The highest BCUT2D eigenvalue weighted by Gasteiger charge is 2.11. The number of Topliss-reactive ketones (excluding diaryl/α,β-unsaturated/α-hetero) is 1. The van der Waals surface area contributed by atoms with Crippen LogP contribution < -0.4 is 0 Å². The molecular weight excluding hydrogens is 210 g/mol. The second-order valence-electron chi connectivity index (χ2n) is 3.36. The lowest BCUT2D eigenvalue weighted by Crippen LogP contribution is -2.05. The molecule has 0 bridgehead atoms. The quantitative estimate of drug-likeness (QED) is 0.740. The largest absolute Gasteiger partial charge is 0.292 e. The highest BCUT2D eigenvalue weighted by molar-refractivity contribution is 7.09. The maximum absolute atomic E-state index is 11.7. The van der Waals surface area contributed by atoms with Crippen molar-refractivity contribution in [1.82, 2.24) is 14.8 Å². The Balaban J connectivity index is 2.10.